The number of ketones is 1. The predicted molar refractivity (Wildman–Crippen MR) is 117 cm³/mol. The summed E-state index contributed by atoms with van der Waals surface area (Å²) < 4.78 is 16.9. The first kappa shape index (κ1) is 21.6. The topological polar surface area (TPSA) is 73.9 Å². The standard InChI is InChI=1S/C25H31NO5/c1-15-21(24(28)31-14-16-8-7-11-30-16)22(17-9-5-6-10-20(17)29-4)23-18(26-15)12-25(2,3)13-19(23)27/h5-6,9-10,16,22,26H,7-8,11-14H2,1-4H3/t16-,22-/m0/s1. The maximum atomic E-state index is 13.3. The molecule has 0 amide bonds. The van der Waals surface area contributed by atoms with E-state index >= 15 is 0 Å². The molecule has 1 fully saturated rings. The number of methoxy groups -OCH3 is 1. The smallest absolute Gasteiger partial charge is 0.336 e. The molecule has 1 N–H and O–H groups in total. The molecular weight excluding hydrogens is 394 g/mol. The van der Waals surface area contributed by atoms with Gasteiger partial charge in [-0.15, -0.1) is 0 Å². The van der Waals surface area contributed by atoms with Crippen LogP contribution in [-0.4, -0.2) is 38.2 Å². The minimum atomic E-state index is -0.520. The van der Waals surface area contributed by atoms with Crippen molar-refractivity contribution in [2.75, 3.05) is 20.3 Å². The van der Waals surface area contributed by atoms with Gasteiger partial charge in [-0.3, -0.25) is 4.79 Å². The molecule has 1 aromatic carbocycles. The number of benzene rings is 1. The Bertz CT molecular complexity index is 952. The van der Waals surface area contributed by atoms with Gasteiger partial charge in [0.15, 0.2) is 5.78 Å². The molecule has 2 heterocycles. The summed E-state index contributed by atoms with van der Waals surface area (Å²) in [6, 6.07) is 7.57. The fraction of sp³-hybridized carbons (Fsp3) is 0.520. The summed E-state index contributed by atoms with van der Waals surface area (Å²) in [4.78, 5) is 26.6. The summed E-state index contributed by atoms with van der Waals surface area (Å²) in [6.07, 6.45) is 3.00. The van der Waals surface area contributed by atoms with Gasteiger partial charge in [-0.05, 0) is 37.7 Å². The third-order valence-electron chi connectivity index (χ3n) is 6.33. The molecule has 0 radical (unpaired) electrons. The van der Waals surface area contributed by atoms with Crippen LogP contribution >= 0.6 is 0 Å². The molecule has 0 aromatic heterocycles. The van der Waals surface area contributed by atoms with E-state index in [9.17, 15) is 9.59 Å². The van der Waals surface area contributed by atoms with E-state index in [0.29, 0.717) is 29.9 Å². The normalized spacial score (nSPS) is 25.2. The summed E-state index contributed by atoms with van der Waals surface area (Å²) in [5.74, 6) is -0.226. The number of hydrogen-bond donors (Lipinski definition) is 1. The Morgan fingerprint density at radius 3 is 2.74 bits per heavy atom. The molecule has 3 aliphatic rings. The molecular formula is C25H31NO5. The minimum Gasteiger partial charge on any atom is -0.496 e. The molecule has 6 heteroatoms. The van der Waals surface area contributed by atoms with E-state index in [-0.39, 0.29) is 23.9 Å². The van der Waals surface area contributed by atoms with E-state index in [1.54, 1.807) is 7.11 Å². The minimum absolute atomic E-state index is 0.0574. The molecule has 0 unspecified atom stereocenters. The highest BCUT2D eigenvalue weighted by molar-refractivity contribution is 6.04. The Morgan fingerprint density at radius 2 is 2.03 bits per heavy atom. The molecule has 0 saturated carbocycles. The quantitative estimate of drug-likeness (QED) is 0.719. The van der Waals surface area contributed by atoms with Crippen LogP contribution in [0.1, 0.15) is 57.9 Å². The molecule has 0 bridgehead atoms. The van der Waals surface area contributed by atoms with E-state index in [2.05, 4.69) is 19.2 Å². The Labute approximate surface area is 183 Å². The average Bonchev–Trinajstić information content (AvgIpc) is 3.23. The summed E-state index contributed by atoms with van der Waals surface area (Å²) in [6.45, 7) is 7.00. The van der Waals surface area contributed by atoms with Gasteiger partial charge in [-0.25, -0.2) is 4.79 Å². The van der Waals surface area contributed by atoms with Crippen LogP contribution in [0.4, 0.5) is 0 Å². The van der Waals surface area contributed by atoms with Gasteiger partial charge >= 0.3 is 5.97 Å². The van der Waals surface area contributed by atoms with Gasteiger partial charge in [-0.1, -0.05) is 32.0 Å². The Kier molecular flexibility index (Phi) is 5.93. The Hall–Kier alpha value is -2.60. The van der Waals surface area contributed by atoms with Crippen molar-refractivity contribution in [3.8, 4) is 5.75 Å². The Morgan fingerprint density at radius 1 is 1.26 bits per heavy atom. The second kappa shape index (κ2) is 8.50. The van der Waals surface area contributed by atoms with E-state index in [4.69, 9.17) is 14.2 Å². The number of esters is 1. The lowest BCUT2D eigenvalue weighted by atomic mass is 9.68. The molecule has 1 aliphatic carbocycles. The third-order valence-corrected chi connectivity index (χ3v) is 6.33. The first-order valence-electron chi connectivity index (χ1n) is 11.0. The zero-order valence-corrected chi connectivity index (χ0v) is 18.7. The number of rotatable bonds is 5. The van der Waals surface area contributed by atoms with Gasteiger partial charge in [-0.2, -0.15) is 0 Å². The number of hydrogen-bond acceptors (Lipinski definition) is 6. The SMILES string of the molecule is COc1ccccc1[C@H]1C(C(=O)OC[C@@H]2CCCO2)=C(C)NC2=C1C(=O)CC(C)(C)C2. The molecule has 0 spiro atoms. The molecule has 6 nitrogen and oxygen atoms in total. The van der Waals surface area contributed by atoms with Crippen LogP contribution in [0.25, 0.3) is 0 Å². The largest absolute Gasteiger partial charge is 0.496 e. The molecule has 166 valence electrons. The molecule has 2 aliphatic heterocycles. The zero-order valence-electron chi connectivity index (χ0n) is 18.7. The number of carbonyl (C=O) groups excluding carboxylic acids is 2. The van der Waals surface area contributed by atoms with Crippen molar-refractivity contribution in [2.45, 2.75) is 58.5 Å². The summed E-state index contributed by atoms with van der Waals surface area (Å²) in [5, 5.41) is 3.37. The highest BCUT2D eigenvalue weighted by atomic mass is 16.6. The second-order valence-corrected chi connectivity index (χ2v) is 9.41. The van der Waals surface area contributed by atoms with E-state index < -0.39 is 11.9 Å². The number of Topliss-reactive ketones (excluding diaryl/α,β-unsaturated/α-hetero) is 1. The van der Waals surface area contributed by atoms with Crippen LogP contribution in [0, 0.1) is 5.41 Å². The van der Waals surface area contributed by atoms with Crippen molar-refractivity contribution in [3.63, 3.8) is 0 Å². The van der Waals surface area contributed by atoms with Crippen LogP contribution in [0.5, 0.6) is 5.75 Å². The van der Waals surface area contributed by atoms with Crippen molar-refractivity contribution >= 4 is 11.8 Å². The summed E-state index contributed by atoms with van der Waals surface area (Å²) in [7, 11) is 1.60. The second-order valence-electron chi connectivity index (χ2n) is 9.41. The highest BCUT2D eigenvalue weighted by Gasteiger charge is 2.44. The third kappa shape index (κ3) is 4.26. The monoisotopic (exact) mass is 425 g/mol. The van der Waals surface area contributed by atoms with E-state index in [1.807, 2.05) is 31.2 Å². The number of dihydropyridines is 1. The fourth-order valence-corrected chi connectivity index (χ4v) is 4.94. The van der Waals surface area contributed by atoms with Gasteiger partial charge in [0.05, 0.1) is 24.7 Å². The first-order chi connectivity index (χ1) is 14.8. The molecule has 4 rings (SSSR count). The lowest BCUT2D eigenvalue weighted by molar-refractivity contribution is -0.142. The van der Waals surface area contributed by atoms with Crippen LogP contribution in [0.3, 0.4) is 0 Å². The number of carbonyl (C=O) groups is 2. The Balaban J connectivity index is 1.75. The fourth-order valence-electron chi connectivity index (χ4n) is 4.94. The average molecular weight is 426 g/mol. The molecule has 1 saturated heterocycles. The number of ether oxygens (including phenoxy) is 3. The van der Waals surface area contributed by atoms with Crippen LogP contribution in [-0.2, 0) is 19.1 Å². The maximum Gasteiger partial charge on any atom is 0.336 e. The zero-order chi connectivity index (χ0) is 22.2. The molecule has 2 atom stereocenters. The van der Waals surface area contributed by atoms with Crippen LogP contribution in [0.2, 0.25) is 0 Å². The van der Waals surface area contributed by atoms with Gasteiger partial charge < -0.3 is 19.5 Å². The van der Waals surface area contributed by atoms with Crippen molar-refractivity contribution in [1.82, 2.24) is 5.32 Å². The predicted octanol–water partition coefficient (Wildman–Crippen LogP) is 4.02. The van der Waals surface area contributed by atoms with Gasteiger partial charge in [0.1, 0.15) is 12.4 Å². The molecule has 1 aromatic rings. The molecule has 31 heavy (non-hydrogen) atoms. The van der Waals surface area contributed by atoms with Crippen molar-refractivity contribution in [1.29, 1.82) is 0 Å². The van der Waals surface area contributed by atoms with Crippen molar-refractivity contribution in [2.24, 2.45) is 5.41 Å². The lowest BCUT2D eigenvalue weighted by Crippen LogP contribution is -2.39. The lowest BCUT2D eigenvalue weighted by Gasteiger charge is -2.39. The van der Waals surface area contributed by atoms with Gasteiger partial charge in [0.25, 0.3) is 0 Å². The number of para-hydroxylation sites is 1. The van der Waals surface area contributed by atoms with Gasteiger partial charge in [0, 0.05) is 35.6 Å². The summed E-state index contributed by atoms with van der Waals surface area (Å²) >= 11 is 0. The van der Waals surface area contributed by atoms with Crippen molar-refractivity contribution < 1.29 is 23.8 Å². The van der Waals surface area contributed by atoms with E-state index in [0.717, 1.165) is 36.2 Å². The number of nitrogens with one attached hydrogen (secondary N) is 1. The van der Waals surface area contributed by atoms with Crippen LogP contribution < -0.4 is 10.1 Å². The van der Waals surface area contributed by atoms with Crippen LogP contribution in [0.15, 0.2) is 46.8 Å². The van der Waals surface area contributed by atoms with E-state index in [1.165, 1.54) is 0 Å². The maximum absolute atomic E-state index is 13.3. The van der Waals surface area contributed by atoms with Gasteiger partial charge in [0.2, 0.25) is 0 Å². The summed E-state index contributed by atoms with van der Waals surface area (Å²) in [5.41, 5.74) is 3.40. The highest BCUT2D eigenvalue weighted by Crippen LogP contribution is 2.48. The number of allylic oxidation sites excluding steroid dienone is 3. The first-order valence-corrected chi connectivity index (χ1v) is 11.0. The van der Waals surface area contributed by atoms with Crippen molar-refractivity contribution in [3.05, 3.63) is 52.4 Å².